The van der Waals surface area contributed by atoms with Crippen molar-refractivity contribution in [2.24, 2.45) is 0 Å². The second-order valence-electron chi connectivity index (χ2n) is 30.7. The Hall–Kier alpha value is -18.3. The number of aromatic amines is 4. The highest BCUT2D eigenvalue weighted by Gasteiger charge is 2.47. The summed E-state index contributed by atoms with van der Waals surface area (Å²) < 4.78 is 50.5. The predicted molar refractivity (Wildman–Crippen MR) is 501 cm³/mol. The lowest BCUT2D eigenvalue weighted by atomic mass is 9.88. The molecule has 20 aromatic rings. The monoisotopic (exact) mass is 1830 g/mol. The number of methoxy groups -OCH3 is 2. The highest BCUT2D eigenvalue weighted by Crippen LogP contribution is 2.41. The molecule has 0 fully saturated rings. The number of rotatable bonds is 22. The number of halogens is 3. The van der Waals surface area contributed by atoms with Crippen LogP contribution in [0, 0.1) is 6.92 Å². The lowest BCUT2D eigenvalue weighted by molar-refractivity contribution is -0.137. The van der Waals surface area contributed by atoms with E-state index in [2.05, 4.69) is 122 Å². The van der Waals surface area contributed by atoms with Gasteiger partial charge in [0.1, 0.15) is 11.5 Å². The maximum atomic E-state index is 13.5. The molecule has 0 bridgehead atoms. The number of nitrogens with one attached hydrogen (secondary N) is 8. The summed E-state index contributed by atoms with van der Waals surface area (Å²) in [7, 11) is 3.11. The predicted octanol–water partition coefficient (Wildman–Crippen LogP) is 14.5. The van der Waals surface area contributed by atoms with Gasteiger partial charge in [0, 0.05) is 163 Å². The molecule has 12 N–H and O–H groups in total. The van der Waals surface area contributed by atoms with Crippen LogP contribution in [0.25, 0.3) is 88.1 Å². The van der Waals surface area contributed by atoms with E-state index in [9.17, 15) is 52.8 Å². The van der Waals surface area contributed by atoms with E-state index in [4.69, 9.17) is 9.47 Å². The quantitative estimate of drug-likeness (QED) is 0.0300. The molecule has 20 rings (SSSR count). The number of aryl methyl sites for hydroxylation is 1. The Balaban J connectivity index is 0.000000127. The summed E-state index contributed by atoms with van der Waals surface area (Å²) in [5.74, 6) is -1.32. The molecule has 0 spiro atoms. The second-order valence-corrected chi connectivity index (χ2v) is 30.7. The molecule has 0 aliphatic rings. The van der Waals surface area contributed by atoms with Gasteiger partial charge < -0.3 is 71.1 Å². The van der Waals surface area contributed by atoms with Crippen LogP contribution in [0.5, 0.6) is 11.5 Å². The first-order chi connectivity index (χ1) is 66.5. The summed E-state index contributed by atoms with van der Waals surface area (Å²) in [5, 5.41) is 92.6. The van der Waals surface area contributed by atoms with Crippen LogP contribution < -0.4 is 30.7 Å². The van der Waals surface area contributed by atoms with Gasteiger partial charge in [-0.25, -0.2) is 19.9 Å². The molecule has 137 heavy (non-hydrogen) atoms. The van der Waals surface area contributed by atoms with E-state index in [-0.39, 0.29) is 45.5 Å². The molecule has 0 saturated carbocycles. The number of amides is 4. The molecular formula is C100H77F3N24O10. The lowest BCUT2D eigenvalue weighted by Crippen LogP contribution is -2.43. The van der Waals surface area contributed by atoms with Crippen LogP contribution in [0.4, 0.5) is 35.9 Å². The highest BCUT2D eigenvalue weighted by atomic mass is 19.4. The first-order valence-corrected chi connectivity index (χ1v) is 41.8. The summed E-state index contributed by atoms with van der Waals surface area (Å²) in [6.45, 7) is 1.83. The molecule has 0 aliphatic heterocycles. The van der Waals surface area contributed by atoms with Gasteiger partial charge in [0.2, 0.25) is 22.4 Å². The van der Waals surface area contributed by atoms with E-state index in [0.29, 0.717) is 67.5 Å². The number of pyridine rings is 4. The summed E-state index contributed by atoms with van der Waals surface area (Å²) >= 11 is 0. The van der Waals surface area contributed by atoms with Gasteiger partial charge in [-0.2, -0.15) is 54.0 Å². The smallest absolute Gasteiger partial charge is 0.416 e. The molecule has 678 valence electrons. The molecule has 0 radical (unpaired) electrons. The van der Waals surface area contributed by atoms with Crippen LogP contribution in [0.3, 0.4) is 0 Å². The topological polar surface area (TPSA) is 485 Å². The van der Waals surface area contributed by atoms with E-state index in [1.807, 2.05) is 85.8 Å². The Morgan fingerprint density at radius 1 is 0.314 bits per heavy atom. The Morgan fingerprint density at radius 3 is 1.03 bits per heavy atom. The van der Waals surface area contributed by atoms with Gasteiger partial charge in [-0.1, -0.05) is 133 Å². The molecule has 12 aromatic heterocycles. The zero-order chi connectivity index (χ0) is 95.3. The summed E-state index contributed by atoms with van der Waals surface area (Å²) in [5.41, 5.74) is 2.34. The van der Waals surface area contributed by atoms with Gasteiger partial charge in [-0.3, -0.25) is 39.1 Å². The Kier molecular flexibility index (Phi) is 26.0. The Morgan fingerprint density at radius 2 is 0.642 bits per heavy atom. The van der Waals surface area contributed by atoms with Crippen molar-refractivity contribution in [3.05, 3.63) is 399 Å². The minimum absolute atomic E-state index is 0.0133. The second kappa shape index (κ2) is 39.4. The molecule has 0 aliphatic carbocycles. The number of hydrogen-bond acceptors (Lipinski definition) is 26. The average Bonchev–Trinajstić information content (AvgIpc) is 1.76. The number of carbonyl (C=O) groups excluding carboxylic acids is 4. The van der Waals surface area contributed by atoms with Gasteiger partial charge >= 0.3 is 6.18 Å². The van der Waals surface area contributed by atoms with Gasteiger partial charge in [0.25, 0.3) is 23.6 Å². The van der Waals surface area contributed by atoms with Crippen molar-refractivity contribution < 1.29 is 62.2 Å². The Bertz CT molecular complexity index is 7730. The van der Waals surface area contributed by atoms with Crippen molar-refractivity contribution in [1.82, 2.24) is 101 Å². The summed E-state index contributed by atoms with van der Waals surface area (Å²) in [6, 6.07) is 61.5. The van der Waals surface area contributed by atoms with E-state index < -0.39 is 57.8 Å². The minimum atomic E-state index is -4.53. The maximum Gasteiger partial charge on any atom is 0.416 e. The number of aromatic nitrogens is 20. The average molecular weight is 1830 g/mol. The van der Waals surface area contributed by atoms with Crippen LogP contribution >= 0.6 is 0 Å². The van der Waals surface area contributed by atoms with Crippen LogP contribution in [0.15, 0.2) is 342 Å². The van der Waals surface area contributed by atoms with Crippen LogP contribution in [0.1, 0.15) is 56.7 Å². The van der Waals surface area contributed by atoms with Gasteiger partial charge in [0.15, 0.2) is 23.3 Å². The van der Waals surface area contributed by atoms with E-state index in [0.717, 1.165) is 72.7 Å². The number of imidazole rings is 4. The molecule has 0 saturated heterocycles. The fourth-order valence-corrected chi connectivity index (χ4v) is 15.4. The van der Waals surface area contributed by atoms with E-state index in [1.165, 1.54) is 93.6 Å². The minimum Gasteiger partial charge on any atom is -0.497 e. The van der Waals surface area contributed by atoms with Crippen molar-refractivity contribution in [3.8, 4) is 56.0 Å². The van der Waals surface area contributed by atoms with Crippen molar-refractivity contribution in [3.63, 3.8) is 0 Å². The van der Waals surface area contributed by atoms with Crippen molar-refractivity contribution in [1.29, 1.82) is 0 Å². The van der Waals surface area contributed by atoms with Gasteiger partial charge in [-0.05, 0) is 97.4 Å². The highest BCUT2D eigenvalue weighted by molar-refractivity contribution is 6.05. The summed E-state index contributed by atoms with van der Waals surface area (Å²) in [6.07, 6.45) is 26.1. The number of hydrogen-bond donors (Lipinski definition) is 12. The Labute approximate surface area is 774 Å². The third kappa shape index (κ3) is 18.9. The standard InChI is InChI=1S/C25H17F3N6O2.2C25H20N6O3.C25H20N6O2/c26-25(27,28)17-6-7-21-19(11-17)20(14-32-34-21)15-10-18(13-29-12-15)33-23(35)24(36,22-30-8-9-31-22)16-4-2-1-3-5-16;1-34-19-6-4-5-17(12-19)25(33,23-27-9-10-28-23)24(32)30-18-11-16(13-26-14-18)21-15-29-31-22-8-3-2-7-20(21)22;1-34-19-7-8-22-20(12-19)21(15-29-31-22)16-11-18(14-26-13-16)30-24(32)25(33,23-27-9-10-28-23)17-5-3-2-4-6-17;1-16-6-2-4-8-21(16)25(33,23-27-10-11-28-23)24(32)30-18-12-17(13-26-14-18)20-15-29-31-22-9-5-3-7-19(20)22/h1-14,36H,(H,30,31)(H,33,35);2*2-15,33H,1H3,(H,27,28)(H,30,32);2-15,33H,1H3,(H,27,28)(H,30,32)/t24-;3*25-/m0000/s1. The molecule has 12 heterocycles. The number of H-pyrrole nitrogens is 4. The molecule has 4 amide bonds. The SMILES string of the molecule is COc1ccc2nncc(-c3cncc(NC(=O)[C@](O)(c4ccccc4)c4ncc[nH]4)c3)c2c1.COc1cccc([C@@](O)(C(=O)Nc2cncc(-c3cnnc4ccccc34)c2)c2ncc[nH]2)c1.Cc1ccccc1[C@@](O)(C(=O)Nc1cncc(-c2cnnc3ccccc23)c1)c1ncc[nH]1.O=C(Nc1cncc(-c2cnnc3ccc(C(F)(F)F)cc23)c1)[C@](O)(c1ccccc1)c1ncc[nH]1. The largest absolute Gasteiger partial charge is 0.497 e. The van der Waals surface area contributed by atoms with Crippen molar-refractivity contribution in [2.45, 2.75) is 35.5 Å². The van der Waals surface area contributed by atoms with Gasteiger partial charge in [-0.15, -0.1) is 0 Å². The number of nitrogens with zero attached hydrogens (tertiary/aromatic N) is 16. The molecular weight excluding hydrogens is 1750 g/mol. The van der Waals surface area contributed by atoms with Crippen LogP contribution in [-0.2, 0) is 47.8 Å². The van der Waals surface area contributed by atoms with Crippen molar-refractivity contribution in [2.75, 3.05) is 35.5 Å². The molecule has 8 aromatic carbocycles. The van der Waals surface area contributed by atoms with E-state index in [1.54, 1.807) is 172 Å². The number of ether oxygens (including phenoxy) is 2. The third-order valence-electron chi connectivity index (χ3n) is 22.2. The number of benzene rings is 8. The van der Waals surface area contributed by atoms with Crippen molar-refractivity contribution >= 4 is 90.0 Å². The maximum absolute atomic E-state index is 13.5. The summed E-state index contributed by atoms with van der Waals surface area (Å²) in [4.78, 5) is 98.5. The number of anilines is 4. The normalized spacial score (nSPS) is 12.9. The number of alkyl halides is 3. The molecule has 37 heteroatoms. The number of aliphatic hydroxyl groups is 4. The molecule has 0 unspecified atom stereocenters. The third-order valence-corrected chi connectivity index (χ3v) is 22.2. The first-order valence-electron chi connectivity index (χ1n) is 41.8. The fraction of sp³-hybridized carbons (Fsp3) is 0.0800. The van der Waals surface area contributed by atoms with Crippen LogP contribution in [-0.4, -0.2) is 159 Å². The number of carbonyl (C=O) groups is 4. The first kappa shape index (κ1) is 90.6. The van der Waals surface area contributed by atoms with Gasteiger partial charge in [0.05, 0.1) is 114 Å². The fourth-order valence-electron chi connectivity index (χ4n) is 15.4. The molecule has 34 nitrogen and oxygen atoms in total. The zero-order valence-corrected chi connectivity index (χ0v) is 72.4. The number of fused-ring (bicyclic) bond motifs is 4. The zero-order valence-electron chi connectivity index (χ0n) is 72.4. The van der Waals surface area contributed by atoms with Crippen LogP contribution in [0.2, 0.25) is 0 Å². The molecule has 4 atom stereocenters. The van der Waals surface area contributed by atoms with E-state index >= 15 is 0 Å². The lowest BCUT2D eigenvalue weighted by Gasteiger charge is -2.27.